The van der Waals surface area contributed by atoms with E-state index in [0.717, 1.165) is 0 Å². The molecule has 0 amide bonds. The molecule has 0 aromatic carbocycles. The van der Waals surface area contributed by atoms with Crippen LogP contribution in [0, 0.1) is 23.2 Å². The number of hydrogen-bond donors (Lipinski definition) is 1. The molecule has 5 atom stereocenters. The minimum absolute atomic E-state index is 0.0522. The standard InChI is InChI=1S/C13H20O3/c1-12(2,15)11-13(3)8-6-4-5-7(8)9(13)10(14)16-11/h7-9,11,15H,4-6H2,1-3H3/t7-,8+,9-,11-,13-/m0/s1. The van der Waals surface area contributed by atoms with E-state index in [2.05, 4.69) is 6.92 Å². The van der Waals surface area contributed by atoms with Gasteiger partial charge in [-0.3, -0.25) is 4.79 Å². The Balaban J connectivity index is 1.98. The Morgan fingerprint density at radius 3 is 2.75 bits per heavy atom. The summed E-state index contributed by atoms with van der Waals surface area (Å²) in [4.78, 5) is 11.9. The lowest BCUT2D eigenvalue weighted by atomic mass is 9.46. The van der Waals surface area contributed by atoms with Crippen molar-refractivity contribution in [2.45, 2.75) is 51.7 Å². The van der Waals surface area contributed by atoms with Crippen molar-refractivity contribution in [2.24, 2.45) is 23.2 Å². The molecule has 0 aromatic heterocycles. The quantitative estimate of drug-likeness (QED) is 0.690. The Hall–Kier alpha value is -0.570. The summed E-state index contributed by atoms with van der Waals surface area (Å²) in [6.07, 6.45) is 3.27. The minimum Gasteiger partial charge on any atom is -0.458 e. The summed E-state index contributed by atoms with van der Waals surface area (Å²) >= 11 is 0. The second-order valence-corrected chi connectivity index (χ2v) is 6.52. The molecule has 3 aliphatic rings. The first-order valence-electron chi connectivity index (χ1n) is 6.29. The van der Waals surface area contributed by atoms with Gasteiger partial charge in [0.25, 0.3) is 0 Å². The molecule has 1 heterocycles. The third-order valence-electron chi connectivity index (χ3n) is 5.16. The van der Waals surface area contributed by atoms with Gasteiger partial charge in [-0.15, -0.1) is 0 Å². The van der Waals surface area contributed by atoms with E-state index in [1.54, 1.807) is 13.8 Å². The largest absolute Gasteiger partial charge is 0.458 e. The first-order valence-corrected chi connectivity index (χ1v) is 6.29. The van der Waals surface area contributed by atoms with E-state index in [4.69, 9.17) is 4.74 Å². The Labute approximate surface area is 96.2 Å². The summed E-state index contributed by atoms with van der Waals surface area (Å²) in [5.74, 6) is 1.10. The molecule has 0 unspecified atom stereocenters. The van der Waals surface area contributed by atoms with Gasteiger partial charge >= 0.3 is 5.97 Å². The van der Waals surface area contributed by atoms with Gasteiger partial charge in [-0.05, 0) is 38.5 Å². The summed E-state index contributed by atoms with van der Waals surface area (Å²) < 4.78 is 5.46. The smallest absolute Gasteiger partial charge is 0.310 e. The van der Waals surface area contributed by atoms with Crippen LogP contribution in [0.4, 0.5) is 0 Å². The van der Waals surface area contributed by atoms with Gasteiger partial charge in [-0.2, -0.15) is 0 Å². The molecule has 2 saturated carbocycles. The van der Waals surface area contributed by atoms with Crippen LogP contribution in [-0.2, 0) is 9.53 Å². The molecule has 16 heavy (non-hydrogen) atoms. The van der Waals surface area contributed by atoms with E-state index in [1.807, 2.05) is 0 Å². The molecule has 3 heteroatoms. The number of cyclic esters (lactones) is 1. The molecule has 90 valence electrons. The molecule has 0 bridgehead atoms. The normalized spacial score (nSPS) is 50.6. The van der Waals surface area contributed by atoms with Crippen LogP contribution >= 0.6 is 0 Å². The number of ether oxygens (including phenoxy) is 1. The van der Waals surface area contributed by atoms with Crippen LogP contribution < -0.4 is 0 Å². The van der Waals surface area contributed by atoms with Crippen LogP contribution in [0.1, 0.15) is 40.0 Å². The predicted octanol–water partition coefficient (Wildman–Crippen LogP) is 1.74. The fourth-order valence-electron chi connectivity index (χ4n) is 4.74. The van der Waals surface area contributed by atoms with E-state index in [0.29, 0.717) is 11.8 Å². The van der Waals surface area contributed by atoms with Crippen molar-refractivity contribution in [3.05, 3.63) is 0 Å². The predicted molar refractivity (Wildman–Crippen MR) is 58.6 cm³/mol. The van der Waals surface area contributed by atoms with Crippen LogP contribution in [0.15, 0.2) is 0 Å². The highest BCUT2D eigenvalue weighted by atomic mass is 16.6. The summed E-state index contributed by atoms with van der Waals surface area (Å²) in [5, 5.41) is 10.2. The number of rotatable bonds is 1. The van der Waals surface area contributed by atoms with Crippen molar-refractivity contribution in [2.75, 3.05) is 0 Å². The molecule has 2 aliphatic carbocycles. The third kappa shape index (κ3) is 1.01. The number of carbonyl (C=O) groups excluding carboxylic acids is 1. The topological polar surface area (TPSA) is 46.5 Å². The van der Waals surface area contributed by atoms with Gasteiger partial charge in [0.1, 0.15) is 6.10 Å². The molecule has 1 N–H and O–H groups in total. The van der Waals surface area contributed by atoms with Crippen molar-refractivity contribution in [3.63, 3.8) is 0 Å². The van der Waals surface area contributed by atoms with Crippen LogP contribution in [0.5, 0.6) is 0 Å². The van der Waals surface area contributed by atoms with E-state index in [9.17, 15) is 9.90 Å². The molecule has 0 aromatic rings. The van der Waals surface area contributed by atoms with Crippen molar-refractivity contribution in [3.8, 4) is 0 Å². The second-order valence-electron chi connectivity index (χ2n) is 6.52. The fourth-order valence-corrected chi connectivity index (χ4v) is 4.74. The average molecular weight is 224 g/mol. The maximum absolute atomic E-state index is 11.9. The van der Waals surface area contributed by atoms with Gasteiger partial charge in [0.15, 0.2) is 0 Å². The van der Waals surface area contributed by atoms with E-state index < -0.39 is 5.60 Å². The van der Waals surface area contributed by atoms with E-state index >= 15 is 0 Å². The Bertz CT molecular complexity index is 344. The molecular weight excluding hydrogens is 204 g/mol. The molecule has 0 radical (unpaired) electrons. The molecular formula is C13H20O3. The summed E-state index contributed by atoms with van der Waals surface area (Å²) in [7, 11) is 0. The van der Waals surface area contributed by atoms with Crippen LogP contribution in [0.25, 0.3) is 0 Å². The van der Waals surface area contributed by atoms with Gasteiger partial charge in [0, 0.05) is 5.41 Å². The summed E-state index contributed by atoms with van der Waals surface area (Å²) in [6.45, 7) is 5.64. The van der Waals surface area contributed by atoms with E-state index in [1.165, 1.54) is 19.3 Å². The maximum atomic E-state index is 11.9. The second kappa shape index (κ2) is 2.81. The van der Waals surface area contributed by atoms with Crippen molar-refractivity contribution in [1.82, 2.24) is 0 Å². The monoisotopic (exact) mass is 224 g/mol. The van der Waals surface area contributed by atoms with Crippen LogP contribution in [0.3, 0.4) is 0 Å². The van der Waals surface area contributed by atoms with Crippen LogP contribution in [-0.4, -0.2) is 22.8 Å². The summed E-state index contributed by atoms with van der Waals surface area (Å²) in [5.41, 5.74) is -1.04. The third-order valence-corrected chi connectivity index (χ3v) is 5.16. The lowest BCUT2D eigenvalue weighted by molar-refractivity contribution is -0.157. The zero-order chi connectivity index (χ0) is 11.7. The lowest BCUT2D eigenvalue weighted by Crippen LogP contribution is -2.60. The van der Waals surface area contributed by atoms with Gasteiger partial charge < -0.3 is 9.84 Å². The highest BCUT2D eigenvalue weighted by Gasteiger charge is 2.73. The van der Waals surface area contributed by atoms with Crippen molar-refractivity contribution >= 4 is 5.97 Å². The Morgan fingerprint density at radius 2 is 2.12 bits per heavy atom. The van der Waals surface area contributed by atoms with Gasteiger partial charge in [0.05, 0.1) is 11.5 Å². The molecule has 3 rings (SSSR count). The number of esters is 1. The van der Waals surface area contributed by atoms with Gasteiger partial charge in [-0.25, -0.2) is 0 Å². The zero-order valence-electron chi connectivity index (χ0n) is 10.2. The van der Waals surface area contributed by atoms with Gasteiger partial charge in [-0.1, -0.05) is 13.3 Å². The highest BCUT2D eigenvalue weighted by molar-refractivity contribution is 5.79. The fraction of sp³-hybridized carbons (Fsp3) is 0.923. The minimum atomic E-state index is -0.924. The maximum Gasteiger partial charge on any atom is 0.310 e. The SMILES string of the molecule is CC(C)(O)[C@@H]1OC(=O)[C@@H]2[C@H]3CCC[C@H]3[C@@]21C. The number of hydrogen-bond acceptors (Lipinski definition) is 3. The van der Waals surface area contributed by atoms with E-state index in [-0.39, 0.29) is 23.4 Å². The Kier molecular flexibility index (Phi) is 1.86. The first-order chi connectivity index (χ1) is 7.37. The number of carbonyl (C=O) groups is 1. The number of fused-ring (bicyclic) bond motifs is 4. The molecule has 1 saturated heterocycles. The first kappa shape index (κ1) is 10.6. The Morgan fingerprint density at radius 1 is 1.44 bits per heavy atom. The van der Waals surface area contributed by atoms with Crippen molar-refractivity contribution < 1.29 is 14.6 Å². The molecule has 3 nitrogen and oxygen atoms in total. The molecule has 0 spiro atoms. The molecule has 1 aliphatic heterocycles. The summed E-state index contributed by atoms with van der Waals surface area (Å²) in [6, 6.07) is 0. The van der Waals surface area contributed by atoms with Crippen LogP contribution in [0.2, 0.25) is 0 Å². The van der Waals surface area contributed by atoms with Gasteiger partial charge in [0.2, 0.25) is 0 Å². The lowest BCUT2D eigenvalue weighted by Gasteiger charge is -2.55. The van der Waals surface area contributed by atoms with Crippen molar-refractivity contribution in [1.29, 1.82) is 0 Å². The number of aliphatic hydroxyl groups is 1. The zero-order valence-corrected chi connectivity index (χ0v) is 10.2. The highest BCUT2D eigenvalue weighted by Crippen LogP contribution is 2.69. The molecule has 3 fully saturated rings. The average Bonchev–Trinajstić information content (AvgIpc) is 2.63.